The van der Waals surface area contributed by atoms with Gasteiger partial charge in [0.2, 0.25) is 0 Å². The number of aliphatic hydroxyl groups is 2. The lowest BCUT2D eigenvalue weighted by atomic mass is 10.0. The lowest BCUT2D eigenvalue weighted by molar-refractivity contribution is -0.160. The summed E-state index contributed by atoms with van der Waals surface area (Å²) in [6.45, 7) is 4.48. The Hall–Kier alpha value is -5.60. The van der Waals surface area contributed by atoms with Crippen molar-refractivity contribution in [2.24, 2.45) is 0 Å². The van der Waals surface area contributed by atoms with Gasteiger partial charge in [0.15, 0.2) is 12.2 Å². The Morgan fingerprint density at radius 3 is 1.17 bits per heavy atom. The summed E-state index contributed by atoms with van der Waals surface area (Å²) < 4.78 is 31.1. The van der Waals surface area contributed by atoms with Crippen molar-refractivity contribution in [1.82, 2.24) is 0 Å². The van der Waals surface area contributed by atoms with Gasteiger partial charge in [-0.3, -0.25) is 19.2 Å². The van der Waals surface area contributed by atoms with Crippen LogP contribution in [0.2, 0.25) is 0 Å². The number of aliphatic hydroxyl groups excluding tert-OH is 2. The largest absolute Gasteiger partial charge is 0.458 e. The monoisotopic (exact) mass is 666 g/mol. The molecule has 14 heteroatoms. The fourth-order valence-electron chi connectivity index (χ4n) is 4.21. The first-order valence-electron chi connectivity index (χ1n) is 14.6. The molecule has 3 rings (SSSR count). The summed E-state index contributed by atoms with van der Waals surface area (Å²) in [5, 5.41) is 20.4. The van der Waals surface area contributed by atoms with E-state index in [9.17, 15) is 39.0 Å². The molecule has 0 bridgehead atoms. The highest BCUT2D eigenvalue weighted by Crippen LogP contribution is 2.43. The minimum Gasteiger partial charge on any atom is -0.458 e. The minimum atomic E-state index is -1.13. The Labute approximate surface area is 274 Å². The van der Waals surface area contributed by atoms with Crippen LogP contribution in [0.15, 0.2) is 73.8 Å². The van der Waals surface area contributed by atoms with Crippen molar-refractivity contribution in [2.45, 2.75) is 37.9 Å². The number of rotatable bonds is 18. The maximum absolute atomic E-state index is 12.9. The number of ether oxygens (including phenoxy) is 6. The van der Waals surface area contributed by atoms with Crippen LogP contribution in [0, 0.1) is 0 Å². The highest BCUT2D eigenvalue weighted by molar-refractivity contribution is 6.12. The van der Waals surface area contributed by atoms with Gasteiger partial charge in [0.25, 0.3) is 0 Å². The molecule has 48 heavy (non-hydrogen) atoms. The quantitative estimate of drug-likeness (QED) is 0.0660. The fourth-order valence-corrected chi connectivity index (χ4v) is 4.21. The zero-order chi connectivity index (χ0) is 35.1. The topological polar surface area (TPSA) is 198 Å². The summed E-state index contributed by atoms with van der Waals surface area (Å²) >= 11 is 0. The summed E-state index contributed by atoms with van der Waals surface area (Å²) in [6.07, 6.45) is -1.97. The van der Waals surface area contributed by atoms with Crippen molar-refractivity contribution >= 4 is 57.4 Å². The van der Waals surface area contributed by atoms with Gasteiger partial charge in [0.1, 0.15) is 24.7 Å². The number of fused-ring (bicyclic) bond motifs is 2. The Morgan fingerprint density at radius 2 is 0.875 bits per heavy atom. The second kappa shape index (κ2) is 18.5. The minimum absolute atomic E-state index is 0.153. The smallest absolute Gasteiger partial charge is 0.330 e. The molecule has 0 amide bonds. The molecule has 0 aliphatic carbocycles. The number of benzene rings is 3. The molecule has 0 aromatic heterocycles. The van der Waals surface area contributed by atoms with Crippen LogP contribution < -0.4 is 9.47 Å². The molecule has 14 nitrogen and oxygen atoms in total. The van der Waals surface area contributed by atoms with Crippen molar-refractivity contribution in [3.05, 3.63) is 73.8 Å². The van der Waals surface area contributed by atoms with Crippen molar-refractivity contribution in [3.63, 3.8) is 0 Å². The SMILES string of the molecule is C=CC(=O)OCC(CO)OC(=O)CCC(=O)Oc1c2ccccc2c(OC(=O)CCC(=O)OC(CO)COC(=O)C=C)c2ccccc12. The van der Waals surface area contributed by atoms with E-state index < -0.39 is 87.3 Å². The number of esters is 6. The van der Waals surface area contributed by atoms with E-state index in [1.807, 2.05) is 0 Å². The number of hydrogen-bond acceptors (Lipinski definition) is 14. The molecule has 0 aliphatic heterocycles. The molecular weight excluding hydrogens is 632 g/mol. The number of carbonyl (C=O) groups is 6. The zero-order valence-corrected chi connectivity index (χ0v) is 25.8. The van der Waals surface area contributed by atoms with E-state index in [1.165, 1.54) is 0 Å². The molecule has 0 saturated carbocycles. The standard InChI is InChI=1S/C34H34O14/c1-3-27(37)43-19-21(17-35)45-29(39)13-15-31(41)47-33-23-9-5-7-11-25(23)34(26-12-8-6-10-24(26)33)48-32(42)16-14-30(40)46-22(18-36)20-44-28(38)4-2/h3-12,21-22,35-36H,1-2,13-20H2. The maximum atomic E-state index is 12.9. The first-order chi connectivity index (χ1) is 23.1. The Morgan fingerprint density at radius 1 is 0.562 bits per heavy atom. The molecule has 0 heterocycles. The van der Waals surface area contributed by atoms with Gasteiger partial charge in [-0.2, -0.15) is 0 Å². The van der Waals surface area contributed by atoms with Gasteiger partial charge < -0.3 is 38.6 Å². The second-order valence-corrected chi connectivity index (χ2v) is 9.95. The second-order valence-electron chi connectivity index (χ2n) is 9.95. The molecule has 254 valence electrons. The molecule has 3 aromatic carbocycles. The molecule has 3 aromatic rings. The third-order valence-electron chi connectivity index (χ3n) is 6.49. The van der Waals surface area contributed by atoms with Crippen LogP contribution in [-0.2, 0) is 47.7 Å². The van der Waals surface area contributed by atoms with Gasteiger partial charge in [-0.1, -0.05) is 61.7 Å². The highest BCUT2D eigenvalue weighted by atomic mass is 16.6. The Bertz CT molecular complexity index is 1500. The van der Waals surface area contributed by atoms with Crippen LogP contribution in [0.1, 0.15) is 25.7 Å². The van der Waals surface area contributed by atoms with E-state index >= 15 is 0 Å². The summed E-state index contributed by atoms with van der Waals surface area (Å²) in [5.41, 5.74) is 0. The van der Waals surface area contributed by atoms with Gasteiger partial charge in [0.05, 0.1) is 38.9 Å². The number of carbonyl (C=O) groups excluding carboxylic acids is 6. The lowest BCUT2D eigenvalue weighted by Crippen LogP contribution is -2.28. The van der Waals surface area contributed by atoms with Gasteiger partial charge in [-0.15, -0.1) is 0 Å². The summed E-state index contributed by atoms with van der Waals surface area (Å²) in [6, 6.07) is 13.3. The van der Waals surface area contributed by atoms with Crippen LogP contribution in [0.4, 0.5) is 0 Å². The fraction of sp³-hybridized carbons (Fsp3) is 0.294. The predicted molar refractivity (Wildman–Crippen MR) is 167 cm³/mol. The maximum Gasteiger partial charge on any atom is 0.330 e. The van der Waals surface area contributed by atoms with Gasteiger partial charge >= 0.3 is 35.8 Å². The van der Waals surface area contributed by atoms with Gasteiger partial charge in [-0.25, -0.2) is 9.59 Å². The Kier molecular flexibility index (Phi) is 14.2. The average molecular weight is 667 g/mol. The average Bonchev–Trinajstić information content (AvgIpc) is 3.10. The van der Waals surface area contributed by atoms with Gasteiger partial charge in [-0.05, 0) is 0 Å². The third kappa shape index (κ3) is 10.7. The Balaban J connectivity index is 1.70. The lowest BCUT2D eigenvalue weighted by Gasteiger charge is -2.17. The molecule has 2 N–H and O–H groups in total. The molecule has 0 saturated heterocycles. The van der Waals surface area contributed by atoms with E-state index in [0.717, 1.165) is 12.2 Å². The third-order valence-corrected chi connectivity index (χ3v) is 6.49. The molecule has 0 fully saturated rings. The summed E-state index contributed by atoms with van der Waals surface area (Å²) in [4.78, 5) is 72.7. The first-order valence-corrected chi connectivity index (χ1v) is 14.6. The van der Waals surface area contributed by atoms with Gasteiger partial charge in [0, 0.05) is 33.7 Å². The van der Waals surface area contributed by atoms with Crippen molar-refractivity contribution in [1.29, 1.82) is 0 Å². The molecular formula is C34H34O14. The van der Waals surface area contributed by atoms with E-state index in [1.54, 1.807) is 48.5 Å². The highest BCUT2D eigenvalue weighted by Gasteiger charge is 2.23. The zero-order valence-electron chi connectivity index (χ0n) is 25.8. The molecule has 0 aliphatic rings. The van der Waals surface area contributed by atoms with Crippen LogP contribution in [0.25, 0.3) is 21.5 Å². The van der Waals surface area contributed by atoms with Crippen molar-refractivity contribution in [2.75, 3.05) is 26.4 Å². The van der Waals surface area contributed by atoms with Crippen LogP contribution in [-0.4, -0.2) is 84.7 Å². The molecule has 0 radical (unpaired) electrons. The first kappa shape index (κ1) is 36.9. The van der Waals surface area contributed by atoms with E-state index in [0.29, 0.717) is 21.5 Å². The van der Waals surface area contributed by atoms with E-state index in [4.69, 9.17) is 28.4 Å². The normalized spacial score (nSPS) is 11.9. The van der Waals surface area contributed by atoms with Crippen molar-refractivity contribution in [3.8, 4) is 11.5 Å². The number of hydrogen-bond donors (Lipinski definition) is 2. The van der Waals surface area contributed by atoms with Crippen molar-refractivity contribution < 1.29 is 67.4 Å². The van der Waals surface area contributed by atoms with E-state index in [2.05, 4.69) is 13.2 Å². The van der Waals surface area contributed by atoms with E-state index in [-0.39, 0.29) is 24.3 Å². The molecule has 2 unspecified atom stereocenters. The van der Waals surface area contributed by atoms with Crippen LogP contribution in [0.5, 0.6) is 11.5 Å². The van der Waals surface area contributed by atoms with Crippen LogP contribution >= 0.6 is 0 Å². The molecule has 2 atom stereocenters. The van der Waals surface area contributed by atoms with Crippen LogP contribution in [0.3, 0.4) is 0 Å². The predicted octanol–water partition coefficient (Wildman–Crippen LogP) is 2.63. The summed E-state index contributed by atoms with van der Waals surface area (Å²) in [5.74, 6) is -4.41. The summed E-state index contributed by atoms with van der Waals surface area (Å²) in [7, 11) is 0. The molecule has 0 spiro atoms.